The number of anilines is 1. The van der Waals surface area contributed by atoms with E-state index >= 15 is 0 Å². The number of hydrogen-bond donors (Lipinski definition) is 10. The number of nitrogens with zero attached hydrogens (tertiary/aromatic N) is 3. The lowest BCUT2D eigenvalue weighted by Crippen LogP contribution is -2.46. The zero-order valence-corrected chi connectivity index (χ0v) is 16.4. The topological polar surface area (TPSA) is 278 Å². The smallest absolute Gasteiger partial charge is 0.280 e. The summed E-state index contributed by atoms with van der Waals surface area (Å²) in [7, 11) is 0. The fourth-order valence-electron chi connectivity index (χ4n) is 2.86. The lowest BCUT2D eigenvalue weighted by atomic mass is 10.0. The van der Waals surface area contributed by atoms with E-state index in [0.717, 1.165) is 0 Å². The number of aromatic nitrogens is 4. The van der Waals surface area contributed by atoms with Gasteiger partial charge in [-0.1, -0.05) is 0 Å². The molecule has 8 atom stereocenters. The van der Waals surface area contributed by atoms with Crippen LogP contribution in [0.1, 0.15) is 6.23 Å². The molecule has 32 heavy (non-hydrogen) atoms. The molecule has 3 heterocycles. The van der Waals surface area contributed by atoms with Gasteiger partial charge in [-0.3, -0.25) is 14.3 Å². The number of hydrogen-bond acceptors (Lipinski definition) is 14. The van der Waals surface area contributed by atoms with Gasteiger partial charge in [-0.2, -0.15) is 4.98 Å². The van der Waals surface area contributed by atoms with Gasteiger partial charge in [0, 0.05) is 0 Å². The maximum absolute atomic E-state index is 11.7. The second kappa shape index (κ2) is 10.9. The average molecular weight is 463 g/mol. The van der Waals surface area contributed by atoms with Gasteiger partial charge in [0.05, 0.1) is 19.5 Å². The summed E-state index contributed by atoms with van der Waals surface area (Å²) in [5, 5.41) is 72.3. The predicted octanol–water partition coefficient (Wildman–Crippen LogP) is -6.07. The van der Waals surface area contributed by atoms with Gasteiger partial charge in [0.25, 0.3) is 5.56 Å². The molecular weight excluding hydrogens is 438 g/mol. The molecule has 1 aliphatic rings. The van der Waals surface area contributed by atoms with E-state index < -0.39 is 67.7 Å². The number of fused-ring (bicyclic) bond motifs is 1. The molecule has 0 spiro atoms. The Balaban J connectivity index is 0.000000262. The number of imidazole rings is 1. The molecule has 1 aliphatic heterocycles. The summed E-state index contributed by atoms with van der Waals surface area (Å²) in [6.07, 6.45) is -10.1. The summed E-state index contributed by atoms with van der Waals surface area (Å²) in [6, 6.07) is 0. The van der Waals surface area contributed by atoms with Crippen molar-refractivity contribution in [2.45, 2.75) is 49.0 Å². The summed E-state index contributed by atoms with van der Waals surface area (Å²) >= 11 is 0. The van der Waals surface area contributed by atoms with Crippen molar-refractivity contribution in [3.05, 3.63) is 16.7 Å². The van der Waals surface area contributed by atoms with Crippen LogP contribution in [0.2, 0.25) is 0 Å². The van der Waals surface area contributed by atoms with Crippen LogP contribution in [-0.2, 0) is 9.53 Å². The highest BCUT2D eigenvalue weighted by Crippen LogP contribution is 2.30. The Morgan fingerprint density at radius 1 is 1.19 bits per heavy atom. The number of rotatable bonds is 7. The van der Waals surface area contributed by atoms with E-state index in [2.05, 4.69) is 15.0 Å². The van der Waals surface area contributed by atoms with Gasteiger partial charge in [-0.25, -0.2) is 4.98 Å². The number of aliphatic hydroxyl groups is 8. The molecule has 0 unspecified atom stereocenters. The molecule has 0 saturated carbocycles. The number of carbonyl (C=O) groups excluding carboxylic acids is 1. The minimum atomic E-state index is -1.79. The van der Waals surface area contributed by atoms with Crippen LogP contribution in [-0.4, -0.2) is 123 Å². The van der Waals surface area contributed by atoms with E-state index in [9.17, 15) is 19.8 Å². The first kappa shape index (κ1) is 25.7. The summed E-state index contributed by atoms with van der Waals surface area (Å²) in [5.41, 5.74) is 5.12. The normalized spacial score (nSPS) is 26.8. The van der Waals surface area contributed by atoms with Crippen molar-refractivity contribution >= 4 is 23.4 Å². The quantitative estimate of drug-likeness (QED) is 0.171. The molecular formula is C16H25N5O11. The number of nitrogens with two attached hydrogens (primary N) is 1. The van der Waals surface area contributed by atoms with Crippen molar-refractivity contribution in [1.82, 2.24) is 19.5 Å². The SMILES string of the molecule is Nc1nc2c(ncn2[C@@H]2O[C@H](CO)[C@@H](O)[C@H]2O)c(=O)[nH]1.O=C[C@@H](O)[C@@H](O)[C@H](O)[C@H](O)CO. The van der Waals surface area contributed by atoms with E-state index in [1.165, 1.54) is 10.9 Å². The Morgan fingerprint density at radius 3 is 2.38 bits per heavy atom. The van der Waals surface area contributed by atoms with Gasteiger partial charge in [0.2, 0.25) is 5.95 Å². The van der Waals surface area contributed by atoms with Crippen LogP contribution >= 0.6 is 0 Å². The van der Waals surface area contributed by atoms with E-state index in [1.54, 1.807) is 0 Å². The van der Waals surface area contributed by atoms with Crippen molar-refractivity contribution in [3.63, 3.8) is 0 Å². The second-order valence-electron chi connectivity index (χ2n) is 6.86. The van der Waals surface area contributed by atoms with Crippen LogP contribution in [0.25, 0.3) is 11.2 Å². The Kier molecular flexibility index (Phi) is 8.73. The Hall–Kier alpha value is -2.54. The van der Waals surface area contributed by atoms with Crippen molar-refractivity contribution < 1.29 is 50.4 Å². The van der Waals surface area contributed by atoms with Crippen LogP contribution in [0.5, 0.6) is 0 Å². The third-order valence-electron chi connectivity index (χ3n) is 4.66. The monoisotopic (exact) mass is 463 g/mol. The van der Waals surface area contributed by atoms with E-state index in [1.807, 2.05) is 0 Å². The summed E-state index contributed by atoms with van der Waals surface area (Å²) in [6.45, 7) is -1.21. The number of nitrogen functional groups attached to an aromatic ring is 1. The second-order valence-corrected chi connectivity index (χ2v) is 6.86. The summed E-state index contributed by atoms with van der Waals surface area (Å²) in [4.78, 5) is 31.7. The number of nitrogens with one attached hydrogen (secondary N) is 1. The van der Waals surface area contributed by atoms with Gasteiger partial charge >= 0.3 is 0 Å². The molecule has 0 aromatic carbocycles. The highest BCUT2D eigenvalue weighted by Gasteiger charge is 2.44. The van der Waals surface area contributed by atoms with E-state index in [4.69, 9.17) is 41.1 Å². The van der Waals surface area contributed by atoms with Crippen LogP contribution in [0.4, 0.5) is 5.95 Å². The van der Waals surface area contributed by atoms with Gasteiger partial charge in [-0.15, -0.1) is 0 Å². The van der Waals surface area contributed by atoms with Gasteiger partial charge in [0.15, 0.2) is 23.7 Å². The van der Waals surface area contributed by atoms with Crippen molar-refractivity contribution in [1.29, 1.82) is 0 Å². The van der Waals surface area contributed by atoms with Crippen molar-refractivity contribution in [3.8, 4) is 0 Å². The zero-order valence-electron chi connectivity index (χ0n) is 16.4. The van der Waals surface area contributed by atoms with Gasteiger partial charge in [-0.05, 0) is 0 Å². The maximum Gasteiger partial charge on any atom is 0.280 e. The van der Waals surface area contributed by atoms with Crippen LogP contribution in [0.3, 0.4) is 0 Å². The molecule has 1 saturated heterocycles. The van der Waals surface area contributed by atoms with Crippen molar-refractivity contribution in [2.75, 3.05) is 18.9 Å². The largest absolute Gasteiger partial charge is 0.394 e. The Morgan fingerprint density at radius 2 is 1.84 bits per heavy atom. The number of H-pyrrole nitrogens is 1. The number of aliphatic hydroxyl groups excluding tert-OH is 8. The molecule has 0 amide bonds. The van der Waals surface area contributed by atoms with Crippen LogP contribution in [0, 0.1) is 0 Å². The lowest BCUT2D eigenvalue weighted by molar-refractivity contribution is -0.136. The average Bonchev–Trinajstić information content (AvgIpc) is 3.32. The van der Waals surface area contributed by atoms with Gasteiger partial charge < -0.3 is 56.1 Å². The third-order valence-corrected chi connectivity index (χ3v) is 4.66. The number of ether oxygens (including phenoxy) is 1. The fourth-order valence-corrected chi connectivity index (χ4v) is 2.86. The molecule has 0 bridgehead atoms. The van der Waals surface area contributed by atoms with Gasteiger partial charge in [0.1, 0.15) is 42.7 Å². The van der Waals surface area contributed by atoms with E-state index in [-0.39, 0.29) is 23.4 Å². The van der Waals surface area contributed by atoms with Crippen LogP contribution < -0.4 is 11.3 Å². The number of aromatic amines is 1. The minimum absolute atomic E-state index is 0.0258. The molecule has 16 heteroatoms. The molecule has 1 fully saturated rings. The molecule has 11 N–H and O–H groups in total. The maximum atomic E-state index is 11.7. The first-order valence-electron chi connectivity index (χ1n) is 9.20. The lowest BCUT2D eigenvalue weighted by Gasteiger charge is -2.22. The number of aldehydes is 1. The zero-order chi connectivity index (χ0) is 24.2. The van der Waals surface area contributed by atoms with E-state index in [0.29, 0.717) is 0 Å². The third kappa shape index (κ3) is 5.26. The first-order valence-corrected chi connectivity index (χ1v) is 9.20. The summed E-state index contributed by atoms with van der Waals surface area (Å²) in [5.74, 6) is -0.101. The predicted molar refractivity (Wildman–Crippen MR) is 103 cm³/mol. The first-order chi connectivity index (χ1) is 15.1. The van der Waals surface area contributed by atoms with Crippen LogP contribution in [0.15, 0.2) is 11.1 Å². The summed E-state index contributed by atoms with van der Waals surface area (Å²) < 4.78 is 6.64. The molecule has 3 rings (SSSR count). The van der Waals surface area contributed by atoms with Crippen molar-refractivity contribution in [2.24, 2.45) is 0 Å². The molecule has 180 valence electrons. The number of carbonyl (C=O) groups is 1. The molecule has 0 radical (unpaired) electrons. The molecule has 2 aromatic heterocycles. The highest BCUT2D eigenvalue weighted by atomic mass is 16.6. The molecule has 16 nitrogen and oxygen atoms in total. The minimum Gasteiger partial charge on any atom is -0.394 e. The molecule has 0 aliphatic carbocycles. The standard InChI is InChI=1S/C10H13N5O5.C6H12O6/c11-10-13-7-4(8(19)14-10)12-2-15(7)9-6(18)5(17)3(1-16)20-9;7-1-3(9)5(11)6(12)4(10)2-8/h2-3,5-6,9,16-18H,1H2,(H3,11,13,14,19);1,3-6,8-12H,2H2/t3-,5-,6-,9-;3-,4-,5-,6-/m11/s1. The highest BCUT2D eigenvalue weighted by molar-refractivity contribution is 5.70. The Bertz CT molecular complexity index is 952. The fraction of sp³-hybridized carbons (Fsp3) is 0.625. The Labute approximate surface area is 178 Å². The molecule has 2 aromatic rings.